The standard InChI is InChI=1S/C21H27N5O2/c22-16-18(21(28)23-9-5-11-26-10-4-8-20(26)27)17-24-12-14-25(15-13-24)19-6-2-1-3-7-19/h1-3,6-7,17H,4-5,8-15H2,(H,23,28)/b18-17-. The van der Waals surface area contributed by atoms with Crippen molar-refractivity contribution in [3.8, 4) is 6.07 Å². The summed E-state index contributed by atoms with van der Waals surface area (Å²) in [7, 11) is 0. The van der Waals surface area contributed by atoms with E-state index in [1.807, 2.05) is 34.1 Å². The summed E-state index contributed by atoms with van der Waals surface area (Å²) in [6.07, 6.45) is 3.92. The lowest BCUT2D eigenvalue weighted by atomic mass is 10.2. The van der Waals surface area contributed by atoms with Crippen LogP contribution in [0.15, 0.2) is 42.1 Å². The third-order valence-corrected chi connectivity index (χ3v) is 5.17. The fourth-order valence-corrected chi connectivity index (χ4v) is 3.58. The van der Waals surface area contributed by atoms with E-state index in [1.165, 1.54) is 5.69 Å². The van der Waals surface area contributed by atoms with Crippen molar-refractivity contribution in [2.24, 2.45) is 0 Å². The summed E-state index contributed by atoms with van der Waals surface area (Å²) in [6.45, 7) is 5.17. The second kappa shape index (κ2) is 9.79. The fraction of sp³-hybridized carbons (Fsp3) is 0.476. The lowest BCUT2D eigenvalue weighted by Crippen LogP contribution is -2.44. The van der Waals surface area contributed by atoms with Crippen LogP contribution in [0.3, 0.4) is 0 Å². The van der Waals surface area contributed by atoms with E-state index in [9.17, 15) is 14.9 Å². The van der Waals surface area contributed by atoms with E-state index in [1.54, 1.807) is 6.20 Å². The van der Waals surface area contributed by atoms with Crippen molar-refractivity contribution in [1.29, 1.82) is 5.26 Å². The third kappa shape index (κ3) is 5.26. The van der Waals surface area contributed by atoms with Crippen LogP contribution in [0.5, 0.6) is 0 Å². The van der Waals surface area contributed by atoms with E-state index >= 15 is 0 Å². The number of hydrogen-bond acceptors (Lipinski definition) is 5. The van der Waals surface area contributed by atoms with E-state index in [0.717, 1.165) is 39.1 Å². The highest BCUT2D eigenvalue weighted by atomic mass is 16.2. The highest BCUT2D eigenvalue weighted by Crippen LogP contribution is 2.16. The van der Waals surface area contributed by atoms with Crippen LogP contribution in [0.2, 0.25) is 0 Å². The Morgan fingerprint density at radius 3 is 2.54 bits per heavy atom. The molecule has 1 aromatic rings. The maximum atomic E-state index is 12.3. The molecule has 0 unspecified atom stereocenters. The molecule has 1 N–H and O–H groups in total. The maximum absolute atomic E-state index is 12.3. The van der Waals surface area contributed by atoms with Gasteiger partial charge in [-0.2, -0.15) is 5.26 Å². The zero-order valence-corrected chi connectivity index (χ0v) is 16.1. The molecule has 3 rings (SSSR count). The molecule has 2 fully saturated rings. The van der Waals surface area contributed by atoms with E-state index in [2.05, 4.69) is 22.3 Å². The predicted molar refractivity (Wildman–Crippen MR) is 107 cm³/mol. The molecule has 0 radical (unpaired) electrons. The Bertz CT molecular complexity index is 748. The van der Waals surface area contributed by atoms with Crippen molar-refractivity contribution in [3.63, 3.8) is 0 Å². The minimum Gasteiger partial charge on any atom is -0.373 e. The second-order valence-corrected chi connectivity index (χ2v) is 7.11. The quantitative estimate of drug-likeness (QED) is 0.438. The van der Waals surface area contributed by atoms with Crippen LogP contribution in [0.1, 0.15) is 19.3 Å². The Morgan fingerprint density at radius 1 is 1.14 bits per heavy atom. The lowest BCUT2D eigenvalue weighted by molar-refractivity contribution is -0.127. The average molecular weight is 381 g/mol. The zero-order valence-electron chi connectivity index (χ0n) is 16.1. The van der Waals surface area contributed by atoms with Gasteiger partial charge in [-0.05, 0) is 25.0 Å². The number of anilines is 1. The summed E-state index contributed by atoms with van der Waals surface area (Å²) < 4.78 is 0. The van der Waals surface area contributed by atoms with Crippen molar-refractivity contribution in [2.75, 3.05) is 50.7 Å². The summed E-state index contributed by atoms with van der Waals surface area (Å²) in [6, 6.07) is 12.3. The van der Waals surface area contributed by atoms with Gasteiger partial charge >= 0.3 is 0 Å². The third-order valence-electron chi connectivity index (χ3n) is 5.17. The van der Waals surface area contributed by atoms with Gasteiger partial charge in [0.2, 0.25) is 5.91 Å². The summed E-state index contributed by atoms with van der Waals surface area (Å²) in [5, 5.41) is 12.1. The maximum Gasteiger partial charge on any atom is 0.263 e. The van der Waals surface area contributed by atoms with E-state index in [-0.39, 0.29) is 17.4 Å². The summed E-state index contributed by atoms with van der Waals surface area (Å²) in [5.74, 6) is -0.153. The SMILES string of the molecule is N#C/C(=C/N1CCN(c2ccccc2)CC1)C(=O)NCCCN1CCCC1=O. The Kier molecular flexibility index (Phi) is 6.90. The van der Waals surface area contributed by atoms with Gasteiger partial charge in [0, 0.05) is 64.1 Å². The van der Waals surface area contributed by atoms with Crippen LogP contribution >= 0.6 is 0 Å². The number of likely N-dealkylation sites (tertiary alicyclic amines) is 1. The summed E-state index contributed by atoms with van der Waals surface area (Å²) in [5.41, 5.74) is 1.33. The van der Waals surface area contributed by atoms with Crippen molar-refractivity contribution >= 4 is 17.5 Å². The first-order chi connectivity index (χ1) is 13.7. The van der Waals surface area contributed by atoms with Crippen molar-refractivity contribution in [1.82, 2.24) is 15.1 Å². The largest absolute Gasteiger partial charge is 0.373 e. The van der Waals surface area contributed by atoms with Crippen LogP contribution in [0.4, 0.5) is 5.69 Å². The number of hydrogen-bond donors (Lipinski definition) is 1. The minimum absolute atomic E-state index is 0.130. The van der Waals surface area contributed by atoms with Crippen molar-refractivity contribution < 1.29 is 9.59 Å². The average Bonchev–Trinajstić information content (AvgIpc) is 3.15. The van der Waals surface area contributed by atoms with Crippen LogP contribution in [0, 0.1) is 11.3 Å². The molecule has 0 bridgehead atoms. The Hall–Kier alpha value is -3.01. The van der Waals surface area contributed by atoms with Gasteiger partial charge in [0.05, 0.1) is 0 Å². The molecule has 1 aromatic carbocycles. The topological polar surface area (TPSA) is 79.7 Å². The van der Waals surface area contributed by atoms with Crippen LogP contribution in [0.25, 0.3) is 0 Å². The molecule has 2 amide bonds. The van der Waals surface area contributed by atoms with Gasteiger partial charge in [0.15, 0.2) is 0 Å². The van der Waals surface area contributed by atoms with Gasteiger partial charge in [-0.3, -0.25) is 9.59 Å². The first-order valence-corrected chi connectivity index (χ1v) is 9.89. The highest BCUT2D eigenvalue weighted by molar-refractivity contribution is 5.97. The van der Waals surface area contributed by atoms with Crippen molar-refractivity contribution in [2.45, 2.75) is 19.3 Å². The van der Waals surface area contributed by atoms with Gasteiger partial charge in [0.25, 0.3) is 5.91 Å². The zero-order chi connectivity index (χ0) is 19.8. The molecule has 148 valence electrons. The Labute approximate surface area is 166 Å². The molecule has 2 saturated heterocycles. The first kappa shape index (κ1) is 19.7. The number of piperazine rings is 1. The number of benzene rings is 1. The molecule has 0 aromatic heterocycles. The molecule has 7 nitrogen and oxygen atoms in total. The van der Waals surface area contributed by atoms with Crippen LogP contribution < -0.4 is 10.2 Å². The van der Waals surface area contributed by atoms with Gasteiger partial charge in [-0.1, -0.05) is 18.2 Å². The van der Waals surface area contributed by atoms with Crippen LogP contribution in [-0.2, 0) is 9.59 Å². The van der Waals surface area contributed by atoms with Crippen molar-refractivity contribution in [3.05, 3.63) is 42.1 Å². The molecule has 28 heavy (non-hydrogen) atoms. The van der Waals surface area contributed by atoms with E-state index in [0.29, 0.717) is 25.9 Å². The number of carbonyl (C=O) groups excluding carboxylic acids is 2. The van der Waals surface area contributed by atoms with Gasteiger partial charge < -0.3 is 20.0 Å². The normalized spacial score (nSPS) is 17.6. The highest BCUT2D eigenvalue weighted by Gasteiger charge is 2.20. The number of nitriles is 1. The summed E-state index contributed by atoms with van der Waals surface area (Å²) >= 11 is 0. The predicted octanol–water partition coefficient (Wildman–Crippen LogP) is 1.34. The molecule has 0 atom stereocenters. The molecular weight excluding hydrogens is 354 g/mol. The van der Waals surface area contributed by atoms with Gasteiger partial charge in [-0.25, -0.2) is 0 Å². The molecule has 0 aliphatic carbocycles. The van der Waals surface area contributed by atoms with E-state index in [4.69, 9.17) is 0 Å². The lowest BCUT2D eigenvalue weighted by Gasteiger charge is -2.35. The minimum atomic E-state index is -0.347. The molecule has 2 aliphatic rings. The molecule has 0 saturated carbocycles. The van der Waals surface area contributed by atoms with Gasteiger partial charge in [0.1, 0.15) is 11.6 Å². The summed E-state index contributed by atoms with van der Waals surface area (Å²) in [4.78, 5) is 30.0. The molecule has 2 aliphatic heterocycles. The second-order valence-electron chi connectivity index (χ2n) is 7.11. The smallest absolute Gasteiger partial charge is 0.263 e. The molecule has 2 heterocycles. The number of carbonyl (C=O) groups is 2. The Morgan fingerprint density at radius 2 is 1.89 bits per heavy atom. The van der Waals surface area contributed by atoms with E-state index < -0.39 is 0 Å². The number of nitrogens with one attached hydrogen (secondary N) is 1. The Balaban J connectivity index is 1.42. The monoisotopic (exact) mass is 381 g/mol. The molecular formula is C21H27N5O2. The number of amides is 2. The number of nitrogens with zero attached hydrogens (tertiary/aromatic N) is 4. The first-order valence-electron chi connectivity index (χ1n) is 9.89. The van der Waals surface area contributed by atoms with Gasteiger partial charge in [-0.15, -0.1) is 0 Å². The number of para-hydroxylation sites is 1. The molecule has 7 heteroatoms. The fourth-order valence-electron chi connectivity index (χ4n) is 3.58. The van der Waals surface area contributed by atoms with Crippen LogP contribution in [-0.4, -0.2) is 67.4 Å². The number of rotatable bonds is 7. The molecule has 0 spiro atoms.